The van der Waals surface area contributed by atoms with Gasteiger partial charge >= 0.3 is 0 Å². The molecule has 38 heavy (non-hydrogen) atoms. The molecule has 1 N–H and O–H groups in total. The van der Waals surface area contributed by atoms with Crippen LogP contribution in [0.3, 0.4) is 0 Å². The zero-order valence-electron chi connectivity index (χ0n) is 20.3. The minimum atomic E-state index is -4.24. The average molecular weight is 596 g/mol. The highest BCUT2D eigenvalue weighted by Gasteiger charge is 2.32. The molecule has 9 nitrogen and oxygen atoms in total. The molecule has 5 rings (SSSR count). The molecule has 0 saturated heterocycles. The van der Waals surface area contributed by atoms with Gasteiger partial charge in [0.1, 0.15) is 17.8 Å². The number of aromatic amines is 1. The fraction of sp³-hybridized carbons (Fsp3) is 0.111. The summed E-state index contributed by atoms with van der Waals surface area (Å²) in [5.74, 6) is 1.23. The summed E-state index contributed by atoms with van der Waals surface area (Å²) in [7, 11) is -1.16. The summed E-state index contributed by atoms with van der Waals surface area (Å²) in [5.41, 5.74) is 1.80. The molecular formula is C27H22BrN3O6S. The lowest BCUT2D eigenvalue weighted by molar-refractivity contribution is 0.414. The van der Waals surface area contributed by atoms with E-state index in [9.17, 15) is 13.2 Å². The fourth-order valence-corrected chi connectivity index (χ4v) is 6.20. The minimum Gasteiger partial charge on any atom is -0.497 e. The van der Waals surface area contributed by atoms with Gasteiger partial charge in [-0.3, -0.25) is 4.79 Å². The van der Waals surface area contributed by atoms with Crippen LogP contribution in [-0.4, -0.2) is 32.8 Å². The van der Waals surface area contributed by atoms with Crippen LogP contribution >= 0.6 is 15.9 Å². The summed E-state index contributed by atoms with van der Waals surface area (Å²) in [6.45, 7) is -0.0163. The molecule has 0 aliphatic carbocycles. The third-order valence-corrected chi connectivity index (χ3v) is 8.32. The number of nitrogens with zero attached hydrogens (tertiary/aromatic N) is 2. The van der Waals surface area contributed by atoms with Crippen molar-refractivity contribution in [2.45, 2.75) is 11.4 Å². The highest BCUT2D eigenvalue weighted by molar-refractivity contribution is 9.10. The van der Waals surface area contributed by atoms with Gasteiger partial charge in [-0.15, -0.1) is 0 Å². The normalized spacial score (nSPS) is 11.4. The van der Waals surface area contributed by atoms with E-state index in [0.29, 0.717) is 39.1 Å². The fourth-order valence-electron chi connectivity index (χ4n) is 4.22. The summed E-state index contributed by atoms with van der Waals surface area (Å²) in [5, 5.41) is 4.46. The van der Waals surface area contributed by atoms with Crippen LogP contribution in [0, 0.1) is 0 Å². The van der Waals surface area contributed by atoms with Gasteiger partial charge in [-0.25, -0.2) is 12.7 Å². The summed E-state index contributed by atoms with van der Waals surface area (Å²) in [6.07, 6.45) is 1.31. The molecule has 0 amide bonds. The smallest absolute Gasteiger partial charge is 0.266 e. The molecule has 0 aliphatic heterocycles. The van der Waals surface area contributed by atoms with Crippen LogP contribution in [-0.2, 0) is 16.6 Å². The predicted molar refractivity (Wildman–Crippen MR) is 147 cm³/mol. The van der Waals surface area contributed by atoms with E-state index in [-0.39, 0.29) is 22.8 Å². The molecule has 3 aromatic carbocycles. The van der Waals surface area contributed by atoms with Crippen molar-refractivity contribution in [3.05, 3.63) is 99.4 Å². The lowest BCUT2D eigenvalue weighted by Crippen LogP contribution is -2.31. The molecule has 0 fully saturated rings. The second kappa shape index (κ2) is 10.3. The lowest BCUT2D eigenvalue weighted by Gasteiger charge is -2.24. The predicted octanol–water partition coefficient (Wildman–Crippen LogP) is 5.36. The van der Waals surface area contributed by atoms with Gasteiger partial charge in [-0.1, -0.05) is 33.2 Å². The lowest BCUT2D eigenvalue weighted by atomic mass is 9.99. The molecule has 2 heterocycles. The zero-order valence-corrected chi connectivity index (χ0v) is 22.7. The number of ether oxygens (including phenoxy) is 2. The second-order valence-electron chi connectivity index (χ2n) is 8.28. The van der Waals surface area contributed by atoms with Crippen molar-refractivity contribution in [1.82, 2.24) is 10.1 Å². The Balaban J connectivity index is 1.76. The van der Waals surface area contributed by atoms with Crippen molar-refractivity contribution >= 4 is 42.7 Å². The van der Waals surface area contributed by atoms with E-state index in [1.54, 1.807) is 61.7 Å². The number of hydrogen-bond acceptors (Lipinski definition) is 7. The second-order valence-corrected chi connectivity index (χ2v) is 11.0. The molecule has 5 aromatic rings. The molecular weight excluding hydrogens is 574 g/mol. The van der Waals surface area contributed by atoms with E-state index in [1.807, 2.05) is 0 Å². The molecule has 0 saturated carbocycles. The number of methoxy groups -OCH3 is 2. The van der Waals surface area contributed by atoms with E-state index in [4.69, 9.17) is 14.0 Å². The number of halogens is 1. The third kappa shape index (κ3) is 4.77. The third-order valence-electron chi connectivity index (χ3n) is 6.03. The van der Waals surface area contributed by atoms with E-state index >= 15 is 0 Å². The van der Waals surface area contributed by atoms with Gasteiger partial charge in [0.2, 0.25) is 5.56 Å². The first-order chi connectivity index (χ1) is 18.3. The number of hydrogen-bond donors (Lipinski definition) is 1. The Morgan fingerprint density at radius 3 is 2.45 bits per heavy atom. The number of rotatable bonds is 8. The maximum atomic E-state index is 14.4. The monoisotopic (exact) mass is 595 g/mol. The number of anilines is 1. The Bertz CT molecular complexity index is 1770. The van der Waals surface area contributed by atoms with Crippen molar-refractivity contribution in [1.29, 1.82) is 0 Å². The number of pyridine rings is 1. The first-order valence-corrected chi connectivity index (χ1v) is 13.6. The molecule has 0 spiro atoms. The Morgan fingerprint density at radius 1 is 0.974 bits per heavy atom. The van der Waals surface area contributed by atoms with Crippen molar-refractivity contribution in [2.24, 2.45) is 0 Å². The SMILES string of the molecule is COc1ccc(CN(c2ccon2)S(=O)(=O)c2ccc3[nH]c(=O)ccc3c2-c2cc(Br)ccc2OC)cc1. The highest BCUT2D eigenvalue weighted by atomic mass is 79.9. The highest BCUT2D eigenvalue weighted by Crippen LogP contribution is 2.42. The minimum absolute atomic E-state index is 0.00459. The molecule has 0 bridgehead atoms. The molecule has 0 aliphatic rings. The van der Waals surface area contributed by atoms with Crippen LogP contribution in [0.1, 0.15) is 5.56 Å². The van der Waals surface area contributed by atoms with E-state index in [1.165, 1.54) is 35.9 Å². The van der Waals surface area contributed by atoms with Crippen molar-refractivity contribution < 1.29 is 22.4 Å². The van der Waals surface area contributed by atoms with Gasteiger partial charge in [-0.2, -0.15) is 0 Å². The van der Waals surface area contributed by atoms with Gasteiger partial charge in [-0.05, 0) is 54.1 Å². The quantitative estimate of drug-likeness (QED) is 0.257. The molecule has 0 atom stereocenters. The van der Waals surface area contributed by atoms with Crippen LogP contribution in [0.2, 0.25) is 0 Å². The average Bonchev–Trinajstić information content (AvgIpc) is 3.45. The first-order valence-electron chi connectivity index (χ1n) is 11.4. The number of aromatic nitrogens is 2. The Hall–Kier alpha value is -4.09. The molecule has 11 heteroatoms. The largest absolute Gasteiger partial charge is 0.497 e. The molecule has 0 radical (unpaired) electrons. The number of benzene rings is 3. The van der Waals surface area contributed by atoms with Crippen LogP contribution in [0.5, 0.6) is 11.5 Å². The number of nitrogens with one attached hydrogen (secondary N) is 1. The number of H-pyrrole nitrogens is 1. The van der Waals surface area contributed by atoms with Crippen molar-refractivity contribution in [2.75, 3.05) is 18.5 Å². The number of fused-ring (bicyclic) bond motifs is 1. The van der Waals surface area contributed by atoms with Gasteiger partial charge in [0.05, 0.1) is 25.7 Å². The van der Waals surface area contributed by atoms with Crippen LogP contribution in [0.15, 0.2) is 97.7 Å². The van der Waals surface area contributed by atoms with Gasteiger partial charge in [0.15, 0.2) is 5.82 Å². The number of sulfonamides is 1. The molecule has 0 unspecified atom stereocenters. The van der Waals surface area contributed by atoms with Gasteiger partial charge in [0, 0.05) is 38.6 Å². The van der Waals surface area contributed by atoms with E-state index in [0.717, 1.165) is 4.47 Å². The summed E-state index contributed by atoms with van der Waals surface area (Å²) >= 11 is 3.48. The maximum Gasteiger partial charge on any atom is 0.266 e. The standard InChI is InChI=1S/C27H22BrN3O6S/c1-35-19-6-3-17(4-7-19)16-31(25-13-14-37-30-25)38(33,34)24-11-9-22-20(8-12-26(32)29-22)27(24)21-15-18(28)5-10-23(21)36-2/h3-15H,16H2,1-2H3,(H,29,32). The van der Waals surface area contributed by atoms with Gasteiger partial charge in [0.25, 0.3) is 10.0 Å². The van der Waals surface area contributed by atoms with Gasteiger partial charge < -0.3 is 19.0 Å². The zero-order chi connectivity index (χ0) is 26.9. The van der Waals surface area contributed by atoms with Crippen LogP contribution < -0.4 is 19.3 Å². The maximum absolute atomic E-state index is 14.4. The molecule has 194 valence electrons. The van der Waals surface area contributed by atoms with Crippen LogP contribution in [0.4, 0.5) is 5.82 Å². The van der Waals surface area contributed by atoms with Crippen molar-refractivity contribution in [3.8, 4) is 22.6 Å². The topological polar surface area (TPSA) is 115 Å². The van der Waals surface area contributed by atoms with Crippen LogP contribution in [0.25, 0.3) is 22.0 Å². The first kappa shape index (κ1) is 25.6. The summed E-state index contributed by atoms with van der Waals surface area (Å²) in [4.78, 5) is 14.8. The van der Waals surface area contributed by atoms with E-state index in [2.05, 4.69) is 26.1 Å². The summed E-state index contributed by atoms with van der Waals surface area (Å²) in [6, 6.07) is 19.9. The molecule has 2 aromatic heterocycles. The van der Waals surface area contributed by atoms with E-state index < -0.39 is 10.0 Å². The van der Waals surface area contributed by atoms with Crippen molar-refractivity contribution in [3.63, 3.8) is 0 Å². The Kier molecular flexibility index (Phi) is 6.96. The Labute approximate surface area is 226 Å². The Morgan fingerprint density at radius 2 is 1.76 bits per heavy atom. The summed E-state index contributed by atoms with van der Waals surface area (Å²) < 4.78 is 46.6.